The van der Waals surface area contributed by atoms with Gasteiger partial charge in [0.05, 0.1) is 6.10 Å². The normalized spacial score (nSPS) is 30.6. The number of hydrogen-bond acceptors (Lipinski definition) is 3. The fraction of sp³-hybridized carbons (Fsp3) is 0.600. The van der Waals surface area contributed by atoms with Gasteiger partial charge in [0.2, 0.25) is 0 Å². The van der Waals surface area contributed by atoms with Crippen molar-refractivity contribution in [2.75, 3.05) is 11.9 Å². The molecule has 0 radical (unpaired) electrons. The number of alkyl halides is 3. The molecular weight excluding hydrogens is 299 g/mol. The topological polar surface area (TPSA) is 21.3 Å². The molecule has 0 bridgehead atoms. The van der Waals surface area contributed by atoms with Crippen LogP contribution in [0.5, 0.6) is 0 Å². The van der Waals surface area contributed by atoms with E-state index in [1.54, 1.807) is 18.2 Å². The number of nitrogens with one attached hydrogen (secondary N) is 1. The number of anilines is 1. The molecule has 0 aromatic heterocycles. The molecule has 0 amide bonds. The van der Waals surface area contributed by atoms with Crippen molar-refractivity contribution in [3.8, 4) is 0 Å². The van der Waals surface area contributed by atoms with Crippen LogP contribution >= 0.6 is 11.8 Å². The van der Waals surface area contributed by atoms with Crippen LogP contribution in [0.25, 0.3) is 0 Å². The van der Waals surface area contributed by atoms with Gasteiger partial charge >= 0.3 is 5.51 Å². The summed E-state index contributed by atoms with van der Waals surface area (Å²) in [6.07, 6.45) is 1.19. The minimum absolute atomic E-state index is 0.0584. The molecule has 1 aliphatic carbocycles. The molecule has 2 fully saturated rings. The molecule has 21 heavy (non-hydrogen) atoms. The molecule has 6 heteroatoms. The quantitative estimate of drug-likeness (QED) is 0.828. The van der Waals surface area contributed by atoms with E-state index in [1.807, 2.05) is 0 Å². The summed E-state index contributed by atoms with van der Waals surface area (Å²) >= 11 is -0.0644. The molecule has 1 saturated carbocycles. The van der Waals surface area contributed by atoms with Gasteiger partial charge in [-0.2, -0.15) is 13.2 Å². The van der Waals surface area contributed by atoms with Crippen molar-refractivity contribution in [1.82, 2.24) is 0 Å². The van der Waals surface area contributed by atoms with Gasteiger partial charge in [0.1, 0.15) is 0 Å². The summed E-state index contributed by atoms with van der Waals surface area (Å²) in [6, 6.07) is 6.77. The second-order valence-electron chi connectivity index (χ2n) is 6.23. The van der Waals surface area contributed by atoms with E-state index >= 15 is 0 Å². The van der Waals surface area contributed by atoms with Crippen LogP contribution in [0.15, 0.2) is 29.2 Å². The lowest BCUT2D eigenvalue weighted by atomic mass is 9.57. The Balaban J connectivity index is 1.79. The Kier molecular flexibility index (Phi) is 3.64. The first-order chi connectivity index (χ1) is 9.79. The number of benzene rings is 1. The first-order valence-corrected chi connectivity index (χ1v) is 7.83. The van der Waals surface area contributed by atoms with Crippen molar-refractivity contribution in [2.24, 2.45) is 11.3 Å². The number of thioether (sulfide) groups is 1. The van der Waals surface area contributed by atoms with E-state index in [-0.39, 0.29) is 34.2 Å². The van der Waals surface area contributed by atoms with Crippen molar-refractivity contribution in [2.45, 2.75) is 42.8 Å². The lowest BCUT2D eigenvalue weighted by Gasteiger charge is -2.55. The predicted octanol–water partition coefficient (Wildman–Crippen LogP) is 4.52. The number of hydrogen-bond donors (Lipinski definition) is 1. The second kappa shape index (κ2) is 5.09. The monoisotopic (exact) mass is 317 g/mol. The minimum Gasteiger partial charge on any atom is -0.380 e. The van der Waals surface area contributed by atoms with Gasteiger partial charge in [0.15, 0.2) is 0 Å². The number of rotatable bonds is 3. The highest BCUT2D eigenvalue weighted by atomic mass is 32.2. The number of ether oxygens (including phenoxy) is 1. The SMILES string of the molecule is CC1(C)C(Nc2ccccc2SC(F)(F)F)C2CCOC21. The zero-order valence-electron chi connectivity index (χ0n) is 11.9. The highest BCUT2D eigenvalue weighted by Crippen LogP contribution is 2.54. The summed E-state index contributed by atoms with van der Waals surface area (Å²) in [5.74, 6) is 0.393. The summed E-state index contributed by atoms with van der Waals surface area (Å²) < 4.78 is 43.6. The third-order valence-corrected chi connectivity index (χ3v) is 5.33. The summed E-state index contributed by atoms with van der Waals surface area (Å²) in [6.45, 7) is 4.96. The zero-order valence-corrected chi connectivity index (χ0v) is 12.7. The summed E-state index contributed by atoms with van der Waals surface area (Å²) in [4.78, 5) is 0.225. The molecule has 2 nitrogen and oxygen atoms in total. The number of para-hydroxylation sites is 1. The fourth-order valence-corrected chi connectivity index (χ4v) is 4.22. The van der Waals surface area contributed by atoms with Crippen LogP contribution in [-0.2, 0) is 4.74 Å². The van der Waals surface area contributed by atoms with Gasteiger partial charge < -0.3 is 10.1 Å². The van der Waals surface area contributed by atoms with Gasteiger partial charge in [-0.1, -0.05) is 26.0 Å². The van der Waals surface area contributed by atoms with Crippen LogP contribution in [0.4, 0.5) is 18.9 Å². The fourth-order valence-electron chi connectivity index (χ4n) is 3.58. The van der Waals surface area contributed by atoms with Crippen molar-refractivity contribution < 1.29 is 17.9 Å². The third-order valence-electron chi connectivity index (χ3n) is 4.52. The molecular formula is C15H18F3NOS. The molecule has 1 N–H and O–H groups in total. The maximum absolute atomic E-state index is 12.6. The Labute approximate surface area is 126 Å². The van der Waals surface area contributed by atoms with Crippen LogP contribution in [0.3, 0.4) is 0 Å². The van der Waals surface area contributed by atoms with Crippen LogP contribution in [0.2, 0.25) is 0 Å². The number of fused-ring (bicyclic) bond motifs is 1. The highest BCUT2D eigenvalue weighted by Gasteiger charge is 2.59. The molecule has 0 spiro atoms. The molecule has 3 unspecified atom stereocenters. The Morgan fingerprint density at radius 3 is 2.71 bits per heavy atom. The Bertz CT molecular complexity index is 532. The van der Waals surface area contributed by atoms with Gasteiger partial charge in [-0.3, -0.25) is 0 Å². The van der Waals surface area contributed by atoms with Gasteiger partial charge in [-0.25, -0.2) is 0 Å². The molecule has 1 aromatic carbocycles. The summed E-state index contributed by atoms with van der Waals surface area (Å²) in [5.41, 5.74) is -3.77. The number of halogens is 3. The van der Waals surface area contributed by atoms with E-state index in [1.165, 1.54) is 6.07 Å². The van der Waals surface area contributed by atoms with Crippen molar-refractivity contribution in [3.05, 3.63) is 24.3 Å². The van der Waals surface area contributed by atoms with E-state index < -0.39 is 5.51 Å². The Morgan fingerprint density at radius 1 is 1.29 bits per heavy atom. The summed E-state index contributed by atoms with van der Waals surface area (Å²) in [7, 11) is 0. The standard InChI is InChI=1S/C15H18F3NOS/c1-14(2)12(9-7-8-20-13(9)14)19-10-5-3-4-6-11(10)21-15(16,17)18/h3-6,9,12-13,19H,7-8H2,1-2H3. The second-order valence-corrected chi connectivity index (χ2v) is 7.34. The van der Waals surface area contributed by atoms with Gasteiger partial charge in [-0.05, 0) is 30.3 Å². The van der Waals surface area contributed by atoms with Gasteiger partial charge in [0.25, 0.3) is 0 Å². The van der Waals surface area contributed by atoms with Crippen LogP contribution in [0.1, 0.15) is 20.3 Å². The van der Waals surface area contributed by atoms with E-state index in [0.717, 1.165) is 13.0 Å². The minimum atomic E-state index is -4.27. The van der Waals surface area contributed by atoms with Crippen LogP contribution in [0, 0.1) is 11.3 Å². The van der Waals surface area contributed by atoms with Crippen LogP contribution in [-0.4, -0.2) is 24.3 Å². The van der Waals surface area contributed by atoms with E-state index in [2.05, 4.69) is 19.2 Å². The molecule has 1 aromatic rings. The summed E-state index contributed by atoms with van der Waals surface area (Å²) in [5, 5.41) is 3.33. The highest BCUT2D eigenvalue weighted by molar-refractivity contribution is 8.00. The smallest absolute Gasteiger partial charge is 0.380 e. The van der Waals surface area contributed by atoms with E-state index in [4.69, 9.17) is 4.74 Å². The van der Waals surface area contributed by atoms with Crippen molar-refractivity contribution in [3.63, 3.8) is 0 Å². The van der Waals surface area contributed by atoms with Gasteiger partial charge in [-0.15, -0.1) is 0 Å². The lowest BCUT2D eigenvalue weighted by molar-refractivity contribution is -0.0923. The first-order valence-electron chi connectivity index (χ1n) is 7.02. The molecule has 2 aliphatic rings. The molecule has 1 saturated heterocycles. The molecule has 3 rings (SSSR count). The van der Waals surface area contributed by atoms with E-state index in [0.29, 0.717) is 11.6 Å². The lowest BCUT2D eigenvalue weighted by Crippen LogP contribution is -2.63. The van der Waals surface area contributed by atoms with Gasteiger partial charge in [0, 0.05) is 34.6 Å². The van der Waals surface area contributed by atoms with Crippen LogP contribution < -0.4 is 5.32 Å². The van der Waals surface area contributed by atoms with E-state index in [9.17, 15) is 13.2 Å². The first kappa shape index (κ1) is 15.0. The van der Waals surface area contributed by atoms with Crippen molar-refractivity contribution in [1.29, 1.82) is 0 Å². The largest absolute Gasteiger partial charge is 0.446 e. The third kappa shape index (κ3) is 2.75. The Morgan fingerprint density at radius 2 is 2.00 bits per heavy atom. The maximum atomic E-state index is 12.6. The molecule has 3 atom stereocenters. The average molecular weight is 317 g/mol. The van der Waals surface area contributed by atoms with Crippen molar-refractivity contribution >= 4 is 17.4 Å². The maximum Gasteiger partial charge on any atom is 0.446 e. The molecule has 116 valence electrons. The average Bonchev–Trinajstić information content (AvgIpc) is 2.82. The predicted molar refractivity (Wildman–Crippen MR) is 77.4 cm³/mol. The Hall–Kier alpha value is -0.880. The molecule has 1 heterocycles. The molecule has 1 aliphatic heterocycles. The zero-order chi connectivity index (χ0) is 15.3.